The smallest absolute Gasteiger partial charge is 0.323 e. The molecule has 0 radical (unpaired) electrons. The highest BCUT2D eigenvalue weighted by molar-refractivity contribution is 5.82. The summed E-state index contributed by atoms with van der Waals surface area (Å²) in [5, 5.41) is 8.92. The van der Waals surface area contributed by atoms with Gasteiger partial charge >= 0.3 is 5.97 Å². The summed E-state index contributed by atoms with van der Waals surface area (Å²) in [6.07, 6.45) is 2.98. The average Bonchev–Trinajstić information content (AvgIpc) is 3.27. The van der Waals surface area contributed by atoms with Crippen LogP contribution in [0.25, 0.3) is 0 Å². The molecule has 1 aliphatic carbocycles. The van der Waals surface area contributed by atoms with Gasteiger partial charge in [-0.2, -0.15) is 0 Å². The number of hydrogen-bond donors (Lipinski definition) is 1. The molecule has 0 saturated heterocycles. The Morgan fingerprint density at radius 3 is 2.38 bits per heavy atom. The van der Waals surface area contributed by atoms with Crippen molar-refractivity contribution in [2.45, 2.75) is 51.0 Å². The molecule has 0 unspecified atom stereocenters. The van der Waals surface area contributed by atoms with E-state index in [0.717, 1.165) is 19.3 Å². The first kappa shape index (κ1) is 15.5. The van der Waals surface area contributed by atoms with Crippen molar-refractivity contribution in [2.24, 2.45) is 0 Å². The Hall–Kier alpha value is -1.84. The molecule has 0 aliphatic heterocycles. The third-order valence-electron chi connectivity index (χ3n) is 4.13. The van der Waals surface area contributed by atoms with Crippen LogP contribution in [0.15, 0.2) is 30.3 Å². The molecule has 21 heavy (non-hydrogen) atoms. The van der Waals surface area contributed by atoms with E-state index in [1.807, 2.05) is 18.2 Å². The number of carbonyl (C=O) groups excluding carboxylic acids is 1. The Morgan fingerprint density at radius 1 is 1.24 bits per heavy atom. The number of nitrogens with zero attached hydrogens (tertiary/aromatic N) is 1. The van der Waals surface area contributed by atoms with Crippen LogP contribution in [0.2, 0.25) is 0 Å². The molecule has 0 atom stereocenters. The lowest BCUT2D eigenvalue weighted by molar-refractivity contribution is -0.145. The number of aliphatic carboxylic acids is 1. The zero-order valence-electron chi connectivity index (χ0n) is 12.7. The molecule has 2 rings (SSSR count). The monoisotopic (exact) mass is 289 g/mol. The van der Waals surface area contributed by atoms with Gasteiger partial charge in [-0.3, -0.25) is 9.59 Å². The molecule has 4 nitrogen and oxygen atoms in total. The maximum atomic E-state index is 12.3. The van der Waals surface area contributed by atoms with E-state index >= 15 is 0 Å². The van der Waals surface area contributed by atoms with E-state index in [1.165, 1.54) is 10.5 Å². The third kappa shape index (κ3) is 4.31. The molecule has 1 aromatic rings. The lowest BCUT2D eigenvalue weighted by Gasteiger charge is -2.27. The van der Waals surface area contributed by atoms with E-state index < -0.39 is 5.97 Å². The Morgan fingerprint density at radius 2 is 1.86 bits per heavy atom. The molecular weight excluding hydrogens is 266 g/mol. The van der Waals surface area contributed by atoms with E-state index in [0.29, 0.717) is 6.42 Å². The quantitative estimate of drug-likeness (QED) is 0.839. The fourth-order valence-corrected chi connectivity index (χ4v) is 2.55. The van der Waals surface area contributed by atoms with Crippen LogP contribution in [0.4, 0.5) is 0 Å². The van der Waals surface area contributed by atoms with Gasteiger partial charge in [0, 0.05) is 12.5 Å². The van der Waals surface area contributed by atoms with Crippen LogP contribution in [0.5, 0.6) is 0 Å². The van der Waals surface area contributed by atoms with Gasteiger partial charge in [0.25, 0.3) is 0 Å². The van der Waals surface area contributed by atoms with Crippen LogP contribution < -0.4 is 0 Å². The molecule has 4 heteroatoms. The zero-order chi connectivity index (χ0) is 15.5. The minimum absolute atomic E-state index is 0.0380. The van der Waals surface area contributed by atoms with E-state index in [1.54, 1.807) is 0 Å². The molecule has 0 bridgehead atoms. The number of benzene rings is 1. The number of rotatable bonds is 7. The molecule has 1 amide bonds. The van der Waals surface area contributed by atoms with E-state index in [-0.39, 0.29) is 23.9 Å². The fraction of sp³-hybridized carbons (Fsp3) is 0.529. The molecule has 1 N–H and O–H groups in total. The number of carboxylic acid groups (broad SMARTS) is 1. The molecular formula is C17H23NO3. The lowest BCUT2D eigenvalue weighted by atomic mass is 9.80. The van der Waals surface area contributed by atoms with Gasteiger partial charge in [-0.05, 0) is 30.2 Å². The normalized spacial score (nSPS) is 14.8. The Balaban J connectivity index is 1.94. The molecule has 0 heterocycles. The highest BCUT2D eigenvalue weighted by Gasteiger charge is 2.34. The van der Waals surface area contributed by atoms with Crippen molar-refractivity contribution in [3.63, 3.8) is 0 Å². The SMILES string of the molecule is CC(C)(CCC(=O)N(CC(=O)O)C1CC1)c1ccccc1. The minimum atomic E-state index is -0.933. The summed E-state index contributed by atoms with van der Waals surface area (Å²) < 4.78 is 0. The summed E-state index contributed by atoms with van der Waals surface area (Å²) in [5.41, 5.74) is 1.11. The standard InChI is InChI=1S/C17H23NO3/c1-17(2,13-6-4-3-5-7-13)11-10-15(19)18(12-16(20)21)14-8-9-14/h3-7,14H,8-12H2,1-2H3,(H,20,21). The molecule has 1 aliphatic rings. The van der Waals surface area contributed by atoms with Crippen LogP contribution in [-0.4, -0.2) is 34.5 Å². The van der Waals surface area contributed by atoms with Gasteiger partial charge in [-0.25, -0.2) is 0 Å². The van der Waals surface area contributed by atoms with Crippen LogP contribution in [0, 0.1) is 0 Å². The minimum Gasteiger partial charge on any atom is -0.480 e. The Labute approximate surface area is 125 Å². The van der Waals surface area contributed by atoms with Gasteiger partial charge < -0.3 is 10.0 Å². The first-order chi connectivity index (χ1) is 9.90. The van der Waals surface area contributed by atoms with Crippen molar-refractivity contribution in [3.8, 4) is 0 Å². The summed E-state index contributed by atoms with van der Waals surface area (Å²) in [6.45, 7) is 4.07. The summed E-state index contributed by atoms with van der Waals surface area (Å²) in [6, 6.07) is 10.3. The third-order valence-corrected chi connectivity index (χ3v) is 4.13. The molecule has 1 fully saturated rings. The Kier molecular flexibility index (Phi) is 4.66. The first-order valence-corrected chi connectivity index (χ1v) is 7.47. The van der Waals surface area contributed by atoms with Crippen molar-refractivity contribution >= 4 is 11.9 Å². The van der Waals surface area contributed by atoms with Crippen molar-refractivity contribution in [1.29, 1.82) is 0 Å². The molecule has 0 spiro atoms. The van der Waals surface area contributed by atoms with Gasteiger partial charge in [0.2, 0.25) is 5.91 Å². The number of amides is 1. The Bertz CT molecular complexity index is 506. The van der Waals surface area contributed by atoms with E-state index in [2.05, 4.69) is 26.0 Å². The predicted octanol–water partition coefficient (Wildman–Crippen LogP) is 2.82. The summed E-state index contributed by atoms with van der Waals surface area (Å²) in [7, 11) is 0. The number of hydrogen-bond acceptors (Lipinski definition) is 2. The van der Waals surface area contributed by atoms with Crippen molar-refractivity contribution < 1.29 is 14.7 Å². The second kappa shape index (κ2) is 6.29. The summed E-state index contributed by atoms with van der Waals surface area (Å²) >= 11 is 0. The van der Waals surface area contributed by atoms with Gasteiger partial charge in [0.05, 0.1) is 0 Å². The van der Waals surface area contributed by atoms with Gasteiger partial charge in [0.1, 0.15) is 6.54 Å². The number of carboxylic acids is 1. The molecule has 114 valence electrons. The highest BCUT2D eigenvalue weighted by Crippen LogP contribution is 2.31. The lowest BCUT2D eigenvalue weighted by Crippen LogP contribution is -2.38. The fourth-order valence-electron chi connectivity index (χ4n) is 2.55. The van der Waals surface area contributed by atoms with Crippen molar-refractivity contribution in [2.75, 3.05) is 6.54 Å². The topological polar surface area (TPSA) is 57.6 Å². The van der Waals surface area contributed by atoms with Crippen LogP contribution in [0.3, 0.4) is 0 Å². The first-order valence-electron chi connectivity index (χ1n) is 7.47. The highest BCUT2D eigenvalue weighted by atomic mass is 16.4. The zero-order valence-corrected chi connectivity index (χ0v) is 12.7. The molecule has 1 saturated carbocycles. The van der Waals surface area contributed by atoms with Crippen molar-refractivity contribution in [3.05, 3.63) is 35.9 Å². The van der Waals surface area contributed by atoms with Gasteiger partial charge in [0.15, 0.2) is 0 Å². The number of carbonyl (C=O) groups is 2. The average molecular weight is 289 g/mol. The van der Waals surface area contributed by atoms with Crippen LogP contribution in [-0.2, 0) is 15.0 Å². The van der Waals surface area contributed by atoms with Crippen LogP contribution >= 0.6 is 0 Å². The summed E-state index contributed by atoms with van der Waals surface area (Å²) in [5.74, 6) is -0.971. The molecule has 0 aromatic heterocycles. The van der Waals surface area contributed by atoms with Gasteiger partial charge in [-0.1, -0.05) is 44.2 Å². The van der Waals surface area contributed by atoms with E-state index in [9.17, 15) is 9.59 Å². The van der Waals surface area contributed by atoms with Crippen molar-refractivity contribution in [1.82, 2.24) is 4.90 Å². The maximum Gasteiger partial charge on any atom is 0.323 e. The largest absolute Gasteiger partial charge is 0.480 e. The summed E-state index contributed by atoms with van der Waals surface area (Å²) in [4.78, 5) is 24.7. The second-order valence-corrected chi connectivity index (χ2v) is 6.40. The van der Waals surface area contributed by atoms with Gasteiger partial charge in [-0.15, -0.1) is 0 Å². The predicted molar refractivity (Wildman–Crippen MR) is 81.1 cm³/mol. The maximum absolute atomic E-state index is 12.3. The van der Waals surface area contributed by atoms with E-state index in [4.69, 9.17) is 5.11 Å². The molecule has 1 aromatic carbocycles. The van der Waals surface area contributed by atoms with Crippen LogP contribution in [0.1, 0.15) is 45.1 Å². The second-order valence-electron chi connectivity index (χ2n) is 6.40.